The zero-order valence-electron chi connectivity index (χ0n) is 14.8. The molecule has 0 radical (unpaired) electrons. The largest absolute Gasteiger partial charge is 0.365 e. The van der Waals surface area contributed by atoms with Crippen LogP contribution in [0.2, 0.25) is 0 Å². The number of hydrogen-bond donors (Lipinski definition) is 0. The van der Waals surface area contributed by atoms with Gasteiger partial charge in [-0.15, -0.1) is 0 Å². The first kappa shape index (κ1) is 15.6. The van der Waals surface area contributed by atoms with E-state index < -0.39 is 0 Å². The van der Waals surface area contributed by atoms with Crippen molar-refractivity contribution in [2.75, 3.05) is 7.05 Å². The van der Waals surface area contributed by atoms with E-state index in [1.165, 1.54) is 11.1 Å². The number of fused-ring (bicyclic) bond motifs is 1. The molecule has 0 saturated carbocycles. The molecule has 1 unspecified atom stereocenters. The monoisotopic (exact) mass is 331 g/mol. The Hall–Kier alpha value is -2.88. The van der Waals surface area contributed by atoms with Gasteiger partial charge in [-0.05, 0) is 31.0 Å². The van der Waals surface area contributed by atoms with E-state index in [0.29, 0.717) is 0 Å². The Kier molecular flexibility index (Phi) is 3.68. The average Bonchev–Trinajstić information content (AvgIpc) is 2.95. The van der Waals surface area contributed by atoms with Crippen LogP contribution in [0.3, 0.4) is 0 Å². The Morgan fingerprint density at radius 3 is 2.56 bits per heavy atom. The summed E-state index contributed by atoms with van der Waals surface area (Å²) in [6.07, 6.45) is 0.823. The number of likely N-dealkylation sites (N-methyl/N-ethyl adjacent to an activating group) is 1. The van der Waals surface area contributed by atoms with Gasteiger partial charge in [-0.25, -0.2) is 4.98 Å². The zero-order valence-corrected chi connectivity index (χ0v) is 14.8. The summed E-state index contributed by atoms with van der Waals surface area (Å²) >= 11 is 0. The summed E-state index contributed by atoms with van der Waals surface area (Å²) in [5.41, 5.74) is 7.41. The molecule has 0 N–H and O–H groups in total. The second-order valence-corrected chi connectivity index (χ2v) is 6.61. The van der Waals surface area contributed by atoms with Crippen LogP contribution in [0.5, 0.6) is 0 Å². The van der Waals surface area contributed by atoms with Crippen LogP contribution in [0, 0.1) is 13.8 Å². The van der Waals surface area contributed by atoms with Gasteiger partial charge in [0, 0.05) is 19.2 Å². The molecule has 0 saturated heterocycles. The molecule has 4 rings (SSSR count). The van der Waals surface area contributed by atoms with Crippen LogP contribution in [-0.4, -0.2) is 22.1 Å². The minimum atomic E-state index is 0.0675. The number of aromatic nitrogens is 2. The maximum atomic E-state index is 5.33. The fraction of sp³-hybridized carbons (Fsp3) is 0.238. The Balaban J connectivity index is 1.90. The quantitative estimate of drug-likeness (QED) is 0.696. The lowest BCUT2D eigenvalue weighted by Gasteiger charge is -2.37. The molecule has 1 aromatic carbocycles. The molecule has 0 bridgehead atoms. The molecule has 1 atom stereocenters. The van der Waals surface area contributed by atoms with Crippen LogP contribution in [0.15, 0.2) is 59.3 Å². The van der Waals surface area contributed by atoms with Gasteiger partial charge in [-0.2, -0.15) is 0 Å². The normalized spacial score (nSPS) is 16.8. The van der Waals surface area contributed by atoms with Crippen molar-refractivity contribution in [2.45, 2.75) is 26.3 Å². The molecular formula is C21H21N3O. The van der Waals surface area contributed by atoms with Crippen molar-refractivity contribution >= 4 is 0 Å². The summed E-state index contributed by atoms with van der Waals surface area (Å²) in [5, 5.41) is 4.07. The standard InChI is InChI=1S/C21H21N3O/c1-13-12-17-10-11-18(19-14(2)23-25-15(19)3)22-20(17)21(24(13)4)16-8-6-5-7-9-16/h5-11,21H,1,12H2,2-4H3. The van der Waals surface area contributed by atoms with Gasteiger partial charge >= 0.3 is 0 Å². The van der Waals surface area contributed by atoms with Crippen LogP contribution in [-0.2, 0) is 6.42 Å². The predicted octanol–water partition coefficient (Wildman–Crippen LogP) is 4.44. The number of aryl methyl sites for hydroxylation is 2. The molecule has 4 nitrogen and oxygen atoms in total. The predicted molar refractivity (Wildman–Crippen MR) is 98.1 cm³/mol. The molecule has 0 fully saturated rings. The fourth-order valence-electron chi connectivity index (χ4n) is 3.61. The van der Waals surface area contributed by atoms with E-state index in [4.69, 9.17) is 9.51 Å². The number of nitrogens with zero attached hydrogens (tertiary/aromatic N) is 3. The molecule has 3 aromatic rings. The number of allylic oxidation sites excluding steroid dienone is 1. The van der Waals surface area contributed by atoms with Crippen LogP contribution in [0.25, 0.3) is 11.3 Å². The highest BCUT2D eigenvalue weighted by Gasteiger charge is 2.30. The lowest BCUT2D eigenvalue weighted by atomic mass is 9.90. The highest BCUT2D eigenvalue weighted by atomic mass is 16.5. The van der Waals surface area contributed by atoms with E-state index in [2.05, 4.69) is 60.1 Å². The van der Waals surface area contributed by atoms with Crippen molar-refractivity contribution in [3.8, 4) is 11.3 Å². The fourth-order valence-corrected chi connectivity index (χ4v) is 3.61. The van der Waals surface area contributed by atoms with Crippen molar-refractivity contribution in [2.24, 2.45) is 0 Å². The molecule has 126 valence electrons. The maximum Gasteiger partial charge on any atom is 0.143 e. The first-order chi connectivity index (χ1) is 12.1. The van der Waals surface area contributed by atoms with Crippen molar-refractivity contribution in [1.82, 2.24) is 15.0 Å². The third-order valence-electron chi connectivity index (χ3n) is 4.96. The summed E-state index contributed by atoms with van der Waals surface area (Å²) in [7, 11) is 2.09. The van der Waals surface area contributed by atoms with Gasteiger partial charge < -0.3 is 9.42 Å². The molecule has 3 heterocycles. The highest BCUT2D eigenvalue weighted by Crippen LogP contribution is 2.38. The lowest BCUT2D eigenvalue weighted by Crippen LogP contribution is -2.31. The molecule has 4 heteroatoms. The van der Waals surface area contributed by atoms with Crippen molar-refractivity contribution in [3.05, 3.63) is 83.0 Å². The summed E-state index contributed by atoms with van der Waals surface area (Å²) in [4.78, 5) is 7.26. The van der Waals surface area contributed by atoms with E-state index in [1.807, 2.05) is 19.9 Å². The van der Waals surface area contributed by atoms with Gasteiger partial charge in [0.25, 0.3) is 0 Å². The number of hydrogen-bond acceptors (Lipinski definition) is 4. The lowest BCUT2D eigenvalue weighted by molar-refractivity contribution is 0.322. The second-order valence-electron chi connectivity index (χ2n) is 6.61. The highest BCUT2D eigenvalue weighted by molar-refractivity contribution is 5.64. The first-order valence-corrected chi connectivity index (χ1v) is 8.45. The number of pyridine rings is 1. The molecule has 0 spiro atoms. The molecule has 0 amide bonds. The summed E-state index contributed by atoms with van der Waals surface area (Å²) in [6.45, 7) is 8.13. The van der Waals surface area contributed by atoms with Crippen molar-refractivity contribution in [1.29, 1.82) is 0 Å². The van der Waals surface area contributed by atoms with Gasteiger partial charge in [0.05, 0.1) is 28.7 Å². The van der Waals surface area contributed by atoms with Gasteiger partial charge in [0.2, 0.25) is 0 Å². The molecule has 1 aliphatic rings. The Bertz CT molecular complexity index is 924. The molecular weight excluding hydrogens is 310 g/mol. The average molecular weight is 331 g/mol. The van der Waals surface area contributed by atoms with Crippen molar-refractivity contribution < 1.29 is 4.52 Å². The van der Waals surface area contributed by atoms with E-state index in [1.54, 1.807) is 0 Å². The Labute approximate surface area is 147 Å². The first-order valence-electron chi connectivity index (χ1n) is 8.45. The third-order valence-corrected chi connectivity index (χ3v) is 4.96. The van der Waals surface area contributed by atoms with E-state index in [9.17, 15) is 0 Å². The van der Waals surface area contributed by atoms with Crippen LogP contribution < -0.4 is 0 Å². The second kappa shape index (κ2) is 5.88. The van der Waals surface area contributed by atoms with Gasteiger partial charge in [-0.3, -0.25) is 0 Å². The molecule has 0 aliphatic carbocycles. The summed E-state index contributed by atoms with van der Waals surface area (Å²) < 4.78 is 5.33. The third kappa shape index (κ3) is 2.54. The van der Waals surface area contributed by atoms with E-state index >= 15 is 0 Å². The molecule has 2 aromatic heterocycles. The molecule has 25 heavy (non-hydrogen) atoms. The van der Waals surface area contributed by atoms with Crippen LogP contribution in [0.4, 0.5) is 0 Å². The topological polar surface area (TPSA) is 42.2 Å². The van der Waals surface area contributed by atoms with Crippen LogP contribution in [0.1, 0.15) is 34.3 Å². The zero-order chi connectivity index (χ0) is 17.6. The SMILES string of the molecule is C=C1Cc2ccc(-c3c(C)noc3C)nc2C(c2ccccc2)N1C. The minimum absolute atomic E-state index is 0.0675. The van der Waals surface area contributed by atoms with Gasteiger partial charge in [0.1, 0.15) is 5.76 Å². The van der Waals surface area contributed by atoms with E-state index in [-0.39, 0.29) is 6.04 Å². The summed E-state index contributed by atoms with van der Waals surface area (Å²) in [5.74, 6) is 0.801. The van der Waals surface area contributed by atoms with Gasteiger partial charge in [0.15, 0.2) is 0 Å². The number of rotatable bonds is 2. The smallest absolute Gasteiger partial charge is 0.143 e. The number of benzene rings is 1. The van der Waals surface area contributed by atoms with Gasteiger partial charge in [-0.1, -0.05) is 48.1 Å². The maximum absolute atomic E-state index is 5.33. The molecule has 1 aliphatic heterocycles. The Morgan fingerprint density at radius 1 is 1.12 bits per heavy atom. The van der Waals surface area contributed by atoms with Crippen molar-refractivity contribution in [3.63, 3.8) is 0 Å². The Morgan fingerprint density at radius 2 is 1.88 bits per heavy atom. The summed E-state index contributed by atoms with van der Waals surface area (Å²) in [6, 6.07) is 14.8. The van der Waals surface area contributed by atoms with Crippen LogP contribution >= 0.6 is 0 Å². The van der Waals surface area contributed by atoms with E-state index in [0.717, 1.165) is 40.5 Å². The minimum Gasteiger partial charge on any atom is -0.365 e.